The number of halogens is 1. The number of hydrogen-bond donors (Lipinski definition) is 1. The van der Waals surface area contributed by atoms with Gasteiger partial charge < -0.3 is 15.4 Å². The molecule has 0 amide bonds. The quantitative estimate of drug-likeness (QED) is 0.578. The number of nitrogens with zero attached hydrogens (tertiary/aromatic N) is 5. The molecule has 1 fully saturated rings. The van der Waals surface area contributed by atoms with E-state index in [1.807, 2.05) is 6.92 Å². The van der Waals surface area contributed by atoms with Crippen molar-refractivity contribution in [2.24, 2.45) is 5.73 Å². The second-order valence-electron chi connectivity index (χ2n) is 7.64. The van der Waals surface area contributed by atoms with Crippen LogP contribution in [-0.2, 0) is 11.2 Å². The summed E-state index contributed by atoms with van der Waals surface area (Å²) in [6.07, 6.45) is 4.10. The normalized spacial score (nSPS) is 19.9. The fourth-order valence-corrected chi connectivity index (χ4v) is 3.78. The summed E-state index contributed by atoms with van der Waals surface area (Å²) in [6, 6.07) is 2.61. The first-order valence-corrected chi connectivity index (χ1v) is 10.4. The van der Waals surface area contributed by atoms with Crippen LogP contribution in [0.3, 0.4) is 0 Å². The second kappa shape index (κ2) is 8.97. The van der Waals surface area contributed by atoms with Gasteiger partial charge in [-0.3, -0.25) is 4.98 Å². The summed E-state index contributed by atoms with van der Waals surface area (Å²) >= 11 is 0. The largest absolute Gasteiger partial charge is 0.462 e. The molecule has 0 aliphatic carbocycles. The number of carbonyl (C=O) groups is 1. The molecule has 0 spiro atoms. The van der Waals surface area contributed by atoms with Crippen LogP contribution >= 0.6 is 0 Å². The van der Waals surface area contributed by atoms with E-state index in [0.29, 0.717) is 35.6 Å². The summed E-state index contributed by atoms with van der Waals surface area (Å²) in [7, 11) is 0. The summed E-state index contributed by atoms with van der Waals surface area (Å²) in [5.41, 5.74) is 7.76. The van der Waals surface area contributed by atoms with Crippen LogP contribution in [0.5, 0.6) is 0 Å². The Balaban J connectivity index is 1.76. The molecule has 4 rings (SSSR count). The highest BCUT2D eigenvalue weighted by Gasteiger charge is 2.30. The summed E-state index contributed by atoms with van der Waals surface area (Å²) in [5, 5.41) is 4.15. The lowest BCUT2D eigenvalue weighted by molar-refractivity contribution is 0.0528. The molecule has 1 aliphatic heterocycles. The third-order valence-electron chi connectivity index (χ3n) is 5.31. The van der Waals surface area contributed by atoms with E-state index >= 15 is 0 Å². The molecule has 164 valence electrons. The third-order valence-corrected chi connectivity index (χ3v) is 5.31. The van der Waals surface area contributed by atoms with Gasteiger partial charge in [-0.15, -0.1) is 0 Å². The molecule has 3 aromatic heterocycles. The molecule has 0 radical (unpaired) electrons. The van der Waals surface area contributed by atoms with Crippen LogP contribution in [0.15, 0.2) is 30.7 Å². The summed E-state index contributed by atoms with van der Waals surface area (Å²) in [4.78, 5) is 23.0. The number of esters is 1. The number of rotatable bonds is 7. The molecule has 0 bridgehead atoms. The molecule has 0 saturated carbocycles. The van der Waals surface area contributed by atoms with E-state index in [-0.39, 0.29) is 31.2 Å². The molecule has 31 heavy (non-hydrogen) atoms. The number of aryl methyl sites for hydroxylation is 1. The van der Waals surface area contributed by atoms with E-state index in [9.17, 15) is 9.18 Å². The predicted octanol–water partition coefficient (Wildman–Crippen LogP) is 3.06. The monoisotopic (exact) mass is 428 g/mol. The van der Waals surface area contributed by atoms with Crippen molar-refractivity contribution in [1.82, 2.24) is 19.6 Å². The van der Waals surface area contributed by atoms with Crippen LogP contribution in [0.1, 0.15) is 63.5 Å². The molecule has 2 N–H and O–H groups in total. The van der Waals surface area contributed by atoms with Crippen molar-refractivity contribution >= 4 is 17.4 Å². The molecule has 1 saturated heterocycles. The number of carbonyl (C=O) groups excluding carboxylic acids is 1. The van der Waals surface area contributed by atoms with E-state index in [2.05, 4.69) is 15.1 Å². The number of hydrogen-bond acceptors (Lipinski definition) is 7. The van der Waals surface area contributed by atoms with Crippen LogP contribution in [0.4, 0.5) is 10.2 Å². The summed E-state index contributed by atoms with van der Waals surface area (Å²) < 4.78 is 37.6. The first kappa shape index (κ1) is 18.7. The Hall–Kier alpha value is -3.07. The van der Waals surface area contributed by atoms with E-state index < -0.39 is 24.2 Å². The molecule has 9 heteroatoms. The molecule has 1 aliphatic rings. The van der Waals surface area contributed by atoms with E-state index in [1.165, 1.54) is 23.0 Å². The number of ether oxygens (including phenoxy) is 1. The van der Waals surface area contributed by atoms with Crippen molar-refractivity contribution in [1.29, 1.82) is 0 Å². The van der Waals surface area contributed by atoms with Gasteiger partial charge in [0.05, 0.1) is 25.0 Å². The fraction of sp³-hybridized carbons (Fsp3) is 0.455. The van der Waals surface area contributed by atoms with Crippen molar-refractivity contribution in [3.05, 3.63) is 53.4 Å². The Morgan fingerprint density at radius 2 is 2.32 bits per heavy atom. The molecule has 2 atom stereocenters. The van der Waals surface area contributed by atoms with Crippen LogP contribution < -0.4 is 10.6 Å². The highest BCUT2D eigenvalue weighted by Crippen LogP contribution is 2.37. The Bertz CT molecular complexity index is 1170. The van der Waals surface area contributed by atoms with Crippen molar-refractivity contribution in [3.8, 4) is 0 Å². The Labute approximate surface area is 183 Å². The zero-order chi connectivity index (χ0) is 23.8. The van der Waals surface area contributed by atoms with E-state index in [0.717, 1.165) is 0 Å². The van der Waals surface area contributed by atoms with Crippen LogP contribution in [0, 0.1) is 5.82 Å². The van der Waals surface area contributed by atoms with Gasteiger partial charge in [0.15, 0.2) is 5.65 Å². The fourth-order valence-electron chi connectivity index (χ4n) is 3.78. The van der Waals surface area contributed by atoms with Crippen LogP contribution in [-0.4, -0.2) is 44.7 Å². The van der Waals surface area contributed by atoms with Gasteiger partial charge in [-0.2, -0.15) is 5.10 Å². The lowest BCUT2D eigenvalue weighted by Crippen LogP contribution is -2.25. The molecular formula is C22H27FN6O2. The summed E-state index contributed by atoms with van der Waals surface area (Å²) in [6.45, 7) is 3.90. The van der Waals surface area contributed by atoms with Crippen molar-refractivity contribution in [2.75, 3.05) is 18.1 Å². The topological polar surface area (TPSA) is 98.6 Å². The average Bonchev–Trinajstić information content (AvgIpc) is 3.32. The predicted molar refractivity (Wildman–Crippen MR) is 114 cm³/mol. The zero-order valence-corrected chi connectivity index (χ0v) is 17.6. The van der Waals surface area contributed by atoms with Gasteiger partial charge in [0.1, 0.15) is 17.2 Å². The minimum Gasteiger partial charge on any atom is -0.462 e. The average molecular weight is 429 g/mol. The number of pyridine rings is 1. The van der Waals surface area contributed by atoms with Gasteiger partial charge in [0, 0.05) is 27.2 Å². The lowest BCUT2D eigenvalue weighted by atomic mass is 9.98. The first-order valence-electron chi connectivity index (χ1n) is 11.4. The van der Waals surface area contributed by atoms with E-state index in [1.54, 1.807) is 24.1 Å². The molecule has 8 nitrogen and oxygen atoms in total. The first-order chi connectivity index (χ1) is 15.7. The van der Waals surface area contributed by atoms with E-state index in [4.69, 9.17) is 13.2 Å². The van der Waals surface area contributed by atoms with Gasteiger partial charge >= 0.3 is 5.97 Å². The van der Waals surface area contributed by atoms with Gasteiger partial charge in [0.2, 0.25) is 0 Å². The highest BCUT2D eigenvalue weighted by atomic mass is 19.1. The maximum atomic E-state index is 14.2. The number of anilines is 1. The minimum atomic E-state index is -1.52. The molecule has 1 unspecified atom stereocenters. The van der Waals surface area contributed by atoms with Gasteiger partial charge in [0.25, 0.3) is 0 Å². The van der Waals surface area contributed by atoms with Crippen molar-refractivity contribution < 1.29 is 16.7 Å². The van der Waals surface area contributed by atoms with Gasteiger partial charge in [-0.25, -0.2) is 18.7 Å². The molecule has 3 aromatic rings. The Morgan fingerprint density at radius 1 is 1.48 bits per heavy atom. The smallest absolute Gasteiger partial charge is 0.343 e. The minimum absolute atomic E-state index is 0.0388. The molecule has 0 aromatic carbocycles. The number of nitrogens with two attached hydrogens (primary N) is 1. The lowest BCUT2D eigenvalue weighted by Gasteiger charge is -2.27. The SMILES string of the molecule is [2H]C1([2H])CC(c2cc(F)cnc2CC[C@@H](C)N)N(c2ccn3ncc(C(=O)OCC)c3n2)C1. The van der Waals surface area contributed by atoms with Crippen LogP contribution in [0.25, 0.3) is 5.65 Å². The maximum Gasteiger partial charge on any atom is 0.343 e. The maximum absolute atomic E-state index is 14.2. The van der Waals surface area contributed by atoms with Crippen molar-refractivity contribution in [3.63, 3.8) is 0 Å². The van der Waals surface area contributed by atoms with Gasteiger partial charge in [-0.1, -0.05) is 0 Å². The zero-order valence-electron chi connectivity index (χ0n) is 19.6. The molecular weight excluding hydrogens is 399 g/mol. The highest BCUT2D eigenvalue weighted by molar-refractivity contribution is 5.95. The molecule has 4 heterocycles. The summed E-state index contributed by atoms with van der Waals surface area (Å²) in [5.74, 6) is -0.550. The third kappa shape index (κ3) is 4.36. The van der Waals surface area contributed by atoms with Crippen LogP contribution in [0.2, 0.25) is 0 Å². The van der Waals surface area contributed by atoms with Gasteiger partial charge in [-0.05, 0) is 57.2 Å². The van der Waals surface area contributed by atoms with Crippen molar-refractivity contribution in [2.45, 2.75) is 51.6 Å². The Kier molecular flexibility index (Phi) is 5.40. The second-order valence-corrected chi connectivity index (χ2v) is 7.64. The standard InChI is InChI=1S/C22H27FN6O2/c1-3-31-22(30)17-13-26-29-10-8-20(27-21(17)29)28-9-4-5-19(28)16-11-15(23)12-25-18(16)7-6-14(2)24/h8,10-14,19H,3-7,9,24H2,1-2H3/t14-,19?/m1/s1/i4D2. The number of aromatic nitrogens is 4. The Morgan fingerprint density at radius 3 is 3.10 bits per heavy atom. The number of fused-ring (bicyclic) bond motifs is 1.